The van der Waals surface area contributed by atoms with Crippen LogP contribution in [0.5, 0.6) is 5.75 Å². The fourth-order valence-corrected chi connectivity index (χ4v) is 2.78. The number of hydrogen-bond acceptors (Lipinski definition) is 3. The van der Waals surface area contributed by atoms with Crippen LogP contribution in [0.2, 0.25) is 0 Å². The number of benzene rings is 1. The second kappa shape index (κ2) is 3.98. The first-order valence-electron chi connectivity index (χ1n) is 5.93. The van der Waals surface area contributed by atoms with Gasteiger partial charge in [-0.2, -0.15) is 0 Å². The number of methoxy groups -OCH3 is 1. The summed E-state index contributed by atoms with van der Waals surface area (Å²) in [6.07, 6.45) is 4.27. The largest absolute Gasteiger partial charge is 0.496 e. The molecule has 92 valence electrons. The van der Waals surface area contributed by atoms with Gasteiger partial charge in [0.05, 0.1) is 13.2 Å². The average Bonchev–Trinajstić information content (AvgIpc) is 2.93. The third-order valence-electron chi connectivity index (χ3n) is 3.57. The van der Waals surface area contributed by atoms with Gasteiger partial charge in [0.1, 0.15) is 5.75 Å². The molecule has 3 rings (SSSR count). The first-order chi connectivity index (χ1) is 8.72. The summed E-state index contributed by atoms with van der Waals surface area (Å²) in [7, 11) is 1.64. The van der Waals surface area contributed by atoms with Gasteiger partial charge in [0, 0.05) is 12.2 Å². The Morgan fingerprint density at radius 1 is 1.22 bits per heavy atom. The summed E-state index contributed by atoms with van der Waals surface area (Å²) in [5, 5.41) is 0. The van der Waals surface area contributed by atoms with E-state index in [2.05, 4.69) is 0 Å². The highest BCUT2D eigenvalue weighted by Gasteiger charge is 2.36. The van der Waals surface area contributed by atoms with Crippen molar-refractivity contribution in [2.24, 2.45) is 0 Å². The second-order valence-electron chi connectivity index (χ2n) is 4.46. The molecular weight excluding hydrogens is 230 g/mol. The van der Waals surface area contributed by atoms with E-state index in [0.29, 0.717) is 0 Å². The molecule has 1 atom stereocenters. The fraction of sp³-hybridized carbons (Fsp3) is 0.286. The fourth-order valence-electron chi connectivity index (χ4n) is 2.78. The van der Waals surface area contributed by atoms with Gasteiger partial charge >= 0.3 is 0 Å². The predicted molar refractivity (Wildman–Crippen MR) is 65.0 cm³/mol. The van der Waals surface area contributed by atoms with Crippen molar-refractivity contribution in [3.05, 3.63) is 41.5 Å². The number of hydrogen-bond donors (Lipinski definition) is 0. The Hall–Kier alpha value is -2.10. The Kier molecular flexibility index (Phi) is 2.44. The van der Waals surface area contributed by atoms with Gasteiger partial charge in [-0.1, -0.05) is 12.1 Å². The molecule has 1 aromatic carbocycles. The molecule has 0 saturated carbocycles. The van der Waals surface area contributed by atoms with Gasteiger partial charge in [-0.15, -0.1) is 0 Å². The van der Waals surface area contributed by atoms with Gasteiger partial charge in [-0.25, -0.2) is 0 Å². The summed E-state index contributed by atoms with van der Waals surface area (Å²) in [5.41, 5.74) is 2.14. The quantitative estimate of drug-likeness (QED) is 0.741. The highest BCUT2D eigenvalue weighted by Crippen LogP contribution is 2.41. The maximum Gasteiger partial charge on any atom is 0.254 e. The Balaban J connectivity index is 2.01. The van der Waals surface area contributed by atoms with E-state index in [-0.39, 0.29) is 17.9 Å². The molecule has 0 radical (unpaired) electrons. The topological polar surface area (TPSA) is 46.6 Å². The zero-order chi connectivity index (χ0) is 12.7. The molecule has 2 aliphatic rings. The van der Waals surface area contributed by atoms with Crippen LogP contribution in [-0.2, 0) is 16.0 Å². The monoisotopic (exact) mass is 243 g/mol. The number of carbonyl (C=O) groups excluding carboxylic acids is 2. The lowest BCUT2D eigenvalue weighted by Crippen LogP contribution is -2.33. The van der Waals surface area contributed by atoms with Crippen molar-refractivity contribution >= 4 is 11.8 Å². The molecule has 0 fully saturated rings. The van der Waals surface area contributed by atoms with E-state index in [1.807, 2.05) is 18.2 Å². The summed E-state index contributed by atoms with van der Waals surface area (Å²) in [4.78, 5) is 24.8. The predicted octanol–water partition coefficient (Wildman–Crippen LogP) is 1.61. The van der Waals surface area contributed by atoms with Crippen molar-refractivity contribution in [2.75, 3.05) is 7.11 Å². The van der Waals surface area contributed by atoms with Crippen molar-refractivity contribution in [1.29, 1.82) is 0 Å². The second-order valence-corrected chi connectivity index (χ2v) is 4.46. The third kappa shape index (κ3) is 1.45. The molecule has 1 aliphatic carbocycles. The lowest BCUT2D eigenvalue weighted by Gasteiger charge is -2.22. The van der Waals surface area contributed by atoms with Crippen LogP contribution in [0.1, 0.15) is 23.6 Å². The molecule has 1 heterocycles. The van der Waals surface area contributed by atoms with Crippen molar-refractivity contribution in [3.63, 3.8) is 0 Å². The zero-order valence-corrected chi connectivity index (χ0v) is 10.1. The van der Waals surface area contributed by atoms with Gasteiger partial charge < -0.3 is 4.74 Å². The van der Waals surface area contributed by atoms with Gasteiger partial charge in [0.15, 0.2) is 0 Å². The molecule has 0 spiro atoms. The van der Waals surface area contributed by atoms with Crippen molar-refractivity contribution in [1.82, 2.24) is 4.90 Å². The summed E-state index contributed by atoms with van der Waals surface area (Å²) in [5.74, 6) is 0.392. The van der Waals surface area contributed by atoms with Gasteiger partial charge in [-0.05, 0) is 30.0 Å². The first kappa shape index (κ1) is 11.0. The molecule has 0 saturated heterocycles. The molecule has 0 aromatic heterocycles. The van der Waals surface area contributed by atoms with Crippen LogP contribution in [0.3, 0.4) is 0 Å². The van der Waals surface area contributed by atoms with E-state index in [4.69, 9.17) is 4.74 Å². The van der Waals surface area contributed by atoms with E-state index >= 15 is 0 Å². The van der Waals surface area contributed by atoms with Gasteiger partial charge in [0.2, 0.25) is 0 Å². The summed E-state index contributed by atoms with van der Waals surface area (Å²) >= 11 is 0. The third-order valence-corrected chi connectivity index (χ3v) is 3.57. The number of rotatable bonds is 2. The Morgan fingerprint density at radius 2 is 1.94 bits per heavy atom. The highest BCUT2D eigenvalue weighted by atomic mass is 16.5. The maximum absolute atomic E-state index is 11.7. The van der Waals surface area contributed by atoms with Crippen LogP contribution in [-0.4, -0.2) is 23.8 Å². The normalized spacial score (nSPS) is 21.6. The van der Waals surface area contributed by atoms with E-state index < -0.39 is 0 Å². The van der Waals surface area contributed by atoms with Crippen LogP contribution < -0.4 is 4.74 Å². The lowest BCUT2D eigenvalue weighted by molar-refractivity contribution is -0.139. The van der Waals surface area contributed by atoms with E-state index in [1.54, 1.807) is 7.11 Å². The molecule has 18 heavy (non-hydrogen) atoms. The van der Waals surface area contributed by atoms with Crippen molar-refractivity contribution in [3.8, 4) is 5.75 Å². The molecule has 1 aromatic rings. The van der Waals surface area contributed by atoms with Crippen LogP contribution >= 0.6 is 0 Å². The van der Waals surface area contributed by atoms with E-state index in [9.17, 15) is 9.59 Å². The number of amides is 2. The SMILES string of the molecule is COc1cccc2c1CC[C@@H]2N1C(=O)C=CC1=O. The van der Waals surface area contributed by atoms with Crippen molar-refractivity contribution < 1.29 is 14.3 Å². The first-order valence-corrected chi connectivity index (χ1v) is 5.93. The van der Waals surface area contributed by atoms with E-state index in [0.717, 1.165) is 29.7 Å². The van der Waals surface area contributed by atoms with Crippen LogP contribution in [0.25, 0.3) is 0 Å². The Bertz CT molecular complexity index is 544. The standard InChI is InChI=1S/C14H13NO3/c1-18-12-4-2-3-9-10(12)5-6-11(9)15-13(16)7-8-14(15)17/h2-4,7-8,11H,5-6H2,1H3/t11-/m0/s1. The number of imide groups is 1. The molecule has 2 amide bonds. The number of carbonyl (C=O) groups is 2. The van der Waals surface area contributed by atoms with E-state index in [1.165, 1.54) is 17.1 Å². The lowest BCUT2D eigenvalue weighted by atomic mass is 10.1. The van der Waals surface area contributed by atoms with Crippen LogP contribution in [0.15, 0.2) is 30.4 Å². The smallest absolute Gasteiger partial charge is 0.254 e. The summed E-state index contributed by atoms with van der Waals surface area (Å²) in [6.45, 7) is 0. The van der Waals surface area contributed by atoms with Crippen LogP contribution in [0.4, 0.5) is 0 Å². The van der Waals surface area contributed by atoms with Crippen LogP contribution in [0, 0.1) is 0 Å². The van der Waals surface area contributed by atoms with Gasteiger partial charge in [0.25, 0.3) is 11.8 Å². The Morgan fingerprint density at radius 3 is 2.61 bits per heavy atom. The highest BCUT2D eigenvalue weighted by molar-refractivity contribution is 6.13. The summed E-state index contributed by atoms with van der Waals surface area (Å²) in [6, 6.07) is 5.63. The summed E-state index contributed by atoms with van der Waals surface area (Å²) < 4.78 is 5.32. The number of nitrogens with zero attached hydrogens (tertiary/aromatic N) is 1. The number of ether oxygens (including phenoxy) is 1. The average molecular weight is 243 g/mol. The molecule has 0 N–H and O–H groups in total. The minimum atomic E-state index is -0.222. The molecule has 1 aliphatic heterocycles. The van der Waals surface area contributed by atoms with Gasteiger partial charge in [-0.3, -0.25) is 14.5 Å². The molecular formula is C14H13NO3. The minimum absolute atomic E-state index is 0.148. The minimum Gasteiger partial charge on any atom is -0.496 e. The molecule has 0 bridgehead atoms. The molecule has 0 unspecified atom stereocenters. The van der Waals surface area contributed by atoms with Crippen molar-refractivity contribution in [2.45, 2.75) is 18.9 Å². The molecule has 4 heteroatoms. The Labute approximate surface area is 105 Å². The zero-order valence-electron chi connectivity index (χ0n) is 10.1. The maximum atomic E-state index is 11.7. The molecule has 4 nitrogen and oxygen atoms in total. The number of fused-ring (bicyclic) bond motifs is 1.